The van der Waals surface area contributed by atoms with Gasteiger partial charge in [-0.3, -0.25) is 0 Å². The molecule has 2 aromatic heterocycles. The molecule has 0 unspecified atom stereocenters. The summed E-state index contributed by atoms with van der Waals surface area (Å²) in [6.45, 7) is 0. The van der Waals surface area contributed by atoms with E-state index in [-0.39, 0.29) is 0 Å². The molecule has 0 radical (unpaired) electrons. The predicted molar refractivity (Wildman–Crippen MR) is 52.9 cm³/mol. The fraction of sp³-hybridized carbons (Fsp3) is 0.333. The van der Waals surface area contributed by atoms with Gasteiger partial charge >= 0.3 is 0 Å². The van der Waals surface area contributed by atoms with Gasteiger partial charge in [0.1, 0.15) is 11.5 Å². The molecule has 0 saturated carbocycles. The smallest absolute Gasteiger partial charge is 0.140 e. The van der Waals surface area contributed by atoms with E-state index in [4.69, 9.17) is 11.6 Å². The van der Waals surface area contributed by atoms with E-state index in [1.165, 1.54) is 0 Å². The lowest BCUT2D eigenvalue weighted by atomic mass is 10.3. The minimum absolute atomic E-state index is 0.659. The van der Waals surface area contributed by atoms with E-state index in [1.54, 1.807) is 0 Å². The number of fused-ring (bicyclic) bond motifs is 1. The van der Waals surface area contributed by atoms with Gasteiger partial charge in [-0.25, -0.2) is 9.97 Å². The highest BCUT2D eigenvalue weighted by Gasteiger charge is 1.99. The molecule has 2 aromatic rings. The summed E-state index contributed by atoms with van der Waals surface area (Å²) in [4.78, 5) is 11.6. The quantitative estimate of drug-likeness (QED) is 0.763. The van der Waals surface area contributed by atoms with Gasteiger partial charge in [0.25, 0.3) is 0 Å². The number of rotatable bonds is 3. The Morgan fingerprint density at radius 3 is 3.23 bits per heavy atom. The number of alkyl halides is 1. The van der Waals surface area contributed by atoms with E-state index >= 15 is 0 Å². The second-order valence-corrected chi connectivity index (χ2v) is 3.24. The summed E-state index contributed by atoms with van der Waals surface area (Å²) in [6, 6.07) is 1.96. The highest BCUT2D eigenvalue weighted by molar-refractivity contribution is 6.17. The first-order valence-electron chi connectivity index (χ1n) is 4.25. The zero-order valence-electron chi connectivity index (χ0n) is 7.13. The number of aromatic nitrogens is 3. The average Bonchev–Trinajstić information content (AvgIpc) is 2.61. The Morgan fingerprint density at radius 1 is 1.46 bits per heavy atom. The van der Waals surface area contributed by atoms with Gasteiger partial charge < -0.3 is 4.98 Å². The zero-order chi connectivity index (χ0) is 9.10. The number of aromatic amines is 1. The molecule has 0 aliphatic rings. The van der Waals surface area contributed by atoms with Crippen molar-refractivity contribution in [2.75, 3.05) is 5.88 Å². The molecule has 0 aliphatic heterocycles. The Balaban J connectivity index is 2.26. The molecular weight excluding hydrogens is 186 g/mol. The number of hydrogen-bond donors (Lipinski definition) is 1. The molecule has 0 saturated heterocycles. The molecule has 2 rings (SSSR count). The normalized spacial score (nSPS) is 10.8. The van der Waals surface area contributed by atoms with Gasteiger partial charge in [-0.2, -0.15) is 0 Å². The molecule has 0 bridgehead atoms. The number of H-pyrrole nitrogens is 1. The molecule has 3 nitrogen and oxygen atoms in total. The van der Waals surface area contributed by atoms with Crippen LogP contribution in [0.4, 0.5) is 0 Å². The second kappa shape index (κ2) is 3.75. The van der Waals surface area contributed by atoms with E-state index < -0.39 is 0 Å². The SMILES string of the molecule is ClCCCc1ncc2cc[nH]c2n1. The van der Waals surface area contributed by atoms with Crippen LogP contribution in [0.15, 0.2) is 18.5 Å². The first kappa shape index (κ1) is 8.51. The highest BCUT2D eigenvalue weighted by Crippen LogP contribution is 2.08. The molecule has 0 atom stereocenters. The molecule has 0 amide bonds. The lowest BCUT2D eigenvalue weighted by Crippen LogP contribution is -1.95. The van der Waals surface area contributed by atoms with Crippen LogP contribution in [0.5, 0.6) is 0 Å². The third-order valence-electron chi connectivity index (χ3n) is 1.88. The largest absolute Gasteiger partial charge is 0.346 e. The fourth-order valence-corrected chi connectivity index (χ4v) is 1.35. The van der Waals surface area contributed by atoms with Gasteiger partial charge in [-0.1, -0.05) is 0 Å². The van der Waals surface area contributed by atoms with Crippen LogP contribution in [-0.4, -0.2) is 20.8 Å². The van der Waals surface area contributed by atoms with Crippen molar-refractivity contribution in [3.05, 3.63) is 24.3 Å². The van der Waals surface area contributed by atoms with Crippen LogP contribution >= 0.6 is 11.6 Å². The minimum atomic E-state index is 0.659. The van der Waals surface area contributed by atoms with Gasteiger partial charge in [-0.05, 0) is 12.5 Å². The lowest BCUT2D eigenvalue weighted by Gasteiger charge is -1.96. The Morgan fingerprint density at radius 2 is 2.38 bits per heavy atom. The molecule has 2 heterocycles. The first-order valence-corrected chi connectivity index (χ1v) is 4.78. The average molecular weight is 196 g/mol. The molecule has 0 aromatic carbocycles. The maximum Gasteiger partial charge on any atom is 0.140 e. The fourth-order valence-electron chi connectivity index (χ4n) is 1.22. The monoisotopic (exact) mass is 195 g/mol. The third kappa shape index (κ3) is 1.80. The van der Waals surface area contributed by atoms with E-state index in [2.05, 4.69) is 15.0 Å². The maximum absolute atomic E-state index is 5.59. The molecule has 68 valence electrons. The van der Waals surface area contributed by atoms with E-state index in [0.717, 1.165) is 29.7 Å². The van der Waals surface area contributed by atoms with Crippen LogP contribution in [-0.2, 0) is 6.42 Å². The number of hydrogen-bond acceptors (Lipinski definition) is 2. The zero-order valence-corrected chi connectivity index (χ0v) is 7.88. The van der Waals surface area contributed by atoms with Crippen molar-refractivity contribution < 1.29 is 0 Å². The van der Waals surface area contributed by atoms with Crippen molar-refractivity contribution in [2.45, 2.75) is 12.8 Å². The predicted octanol–water partition coefficient (Wildman–Crippen LogP) is 2.13. The van der Waals surface area contributed by atoms with Crippen LogP contribution < -0.4 is 0 Å². The summed E-state index contributed by atoms with van der Waals surface area (Å²) in [6.07, 6.45) is 5.47. The van der Waals surface area contributed by atoms with Gasteiger partial charge in [-0.15, -0.1) is 11.6 Å². The Hall–Kier alpha value is -1.09. The van der Waals surface area contributed by atoms with Crippen molar-refractivity contribution in [3.8, 4) is 0 Å². The number of nitrogens with one attached hydrogen (secondary N) is 1. The molecule has 4 heteroatoms. The standard InChI is InChI=1S/C9H10ClN3/c10-4-1-2-8-12-6-7-3-5-11-9(7)13-8/h3,5-6H,1-2,4H2,(H,11,12,13). The van der Waals surface area contributed by atoms with Crippen LogP contribution in [0.2, 0.25) is 0 Å². The number of aryl methyl sites for hydroxylation is 1. The van der Waals surface area contributed by atoms with Crippen molar-refractivity contribution in [3.63, 3.8) is 0 Å². The van der Waals surface area contributed by atoms with E-state index in [1.807, 2.05) is 18.5 Å². The molecule has 0 aliphatic carbocycles. The van der Waals surface area contributed by atoms with Gasteiger partial charge in [0.05, 0.1) is 0 Å². The second-order valence-electron chi connectivity index (χ2n) is 2.86. The Kier molecular flexibility index (Phi) is 2.45. The van der Waals surface area contributed by atoms with Crippen molar-refractivity contribution >= 4 is 22.6 Å². The topological polar surface area (TPSA) is 41.6 Å². The van der Waals surface area contributed by atoms with Gasteiger partial charge in [0, 0.05) is 30.1 Å². The summed E-state index contributed by atoms with van der Waals surface area (Å²) in [7, 11) is 0. The summed E-state index contributed by atoms with van der Waals surface area (Å²) in [5.41, 5.74) is 0.902. The Bertz CT molecular complexity index is 396. The van der Waals surface area contributed by atoms with E-state index in [0.29, 0.717) is 5.88 Å². The highest BCUT2D eigenvalue weighted by atomic mass is 35.5. The summed E-state index contributed by atoms with van der Waals surface area (Å²) in [5.74, 6) is 1.52. The number of nitrogens with zero attached hydrogens (tertiary/aromatic N) is 2. The summed E-state index contributed by atoms with van der Waals surface area (Å²) >= 11 is 5.59. The summed E-state index contributed by atoms with van der Waals surface area (Å²) in [5, 5.41) is 1.05. The van der Waals surface area contributed by atoms with Crippen molar-refractivity contribution in [1.29, 1.82) is 0 Å². The van der Waals surface area contributed by atoms with Gasteiger partial charge in [0.2, 0.25) is 0 Å². The summed E-state index contributed by atoms with van der Waals surface area (Å²) < 4.78 is 0. The van der Waals surface area contributed by atoms with Crippen LogP contribution in [0.1, 0.15) is 12.2 Å². The van der Waals surface area contributed by atoms with Gasteiger partial charge in [0.15, 0.2) is 0 Å². The van der Waals surface area contributed by atoms with Crippen molar-refractivity contribution in [2.24, 2.45) is 0 Å². The molecule has 0 spiro atoms. The lowest BCUT2D eigenvalue weighted by molar-refractivity contribution is 0.847. The first-order chi connectivity index (χ1) is 6.40. The van der Waals surface area contributed by atoms with E-state index in [9.17, 15) is 0 Å². The minimum Gasteiger partial charge on any atom is -0.346 e. The molecule has 0 fully saturated rings. The number of halogens is 1. The molecular formula is C9H10ClN3. The Labute approximate surface area is 81.2 Å². The van der Waals surface area contributed by atoms with Crippen molar-refractivity contribution in [1.82, 2.24) is 15.0 Å². The van der Waals surface area contributed by atoms with Crippen LogP contribution in [0.25, 0.3) is 11.0 Å². The molecule has 13 heavy (non-hydrogen) atoms. The molecule has 1 N–H and O–H groups in total. The third-order valence-corrected chi connectivity index (χ3v) is 2.15. The van der Waals surface area contributed by atoms with Crippen LogP contribution in [0, 0.1) is 0 Å². The van der Waals surface area contributed by atoms with Crippen LogP contribution in [0.3, 0.4) is 0 Å². The maximum atomic E-state index is 5.59.